The van der Waals surface area contributed by atoms with Crippen LogP contribution in [0.2, 0.25) is 0 Å². The second-order valence-electron chi connectivity index (χ2n) is 4.76. The minimum absolute atomic E-state index is 0.420. The van der Waals surface area contributed by atoms with Crippen molar-refractivity contribution in [2.24, 2.45) is 0 Å². The molecule has 0 aliphatic carbocycles. The van der Waals surface area contributed by atoms with Crippen LogP contribution in [0, 0.1) is 0 Å². The first kappa shape index (κ1) is 16.0. The first-order chi connectivity index (χ1) is 9.53. The zero-order valence-electron chi connectivity index (χ0n) is 10.9. The molecular formula is C11H20O9. The summed E-state index contributed by atoms with van der Waals surface area (Å²) in [4.78, 5) is 0. The van der Waals surface area contributed by atoms with Crippen LogP contribution in [0.15, 0.2) is 0 Å². The van der Waals surface area contributed by atoms with Crippen molar-refractivity contribution in [3.63, 3.8) is 0 Å². The fourth-order valence-corrected chi connectivity index (χ4v) is 2.32. The van der Waals surface area contributed by atoms with Gasteiger partial charge in [0.1, 0.15) is 36.6 Å². The molecule has 2 heterocycles. The Bertz CT molecular complexity index is 312. The Morgan fingerprint density at radius 2 is 1.40 bits per heavy atom. The van der Waals surface area contributed by atoms with Gasteiger partial charge < -0.3 is 44.5 Å². The Balaban J connectivity index is 2.01. The van der Waals surface area contributed by atoms with E-state index in [-0.39, 0.29) is 0 Å². The molecule has 0 aromatic rings. The molecular weight excluding hydrogens is 276 g/mol. The quantitative estimate of drug-likeness (QED) is 0.350. The molecule has 9 nitrogen and oxygen atoms in total. The van der Waals surface area contributed by atoms with Gasteiger partial charge >= 0.3 is 0 Å². The van der Waals surface area contributed by atoms with E-state index in [0.717, 1.165) is 0 Å². The summed E-state index contributed by atoms with van der Waals surface area (Å²) in [5.41, 5.74) is 0. The lowest BCUT2D eigenvalue weighted by molar-refractivity contribution is -0.241. The maximum absolute atomic E-state index is 9.95. The van der Waals surface area contributed by atoms with E-state index in [0.29, 0.717) is 0 Å². The molecule has 0 spiro atoms. The van der Waals surface area contributed by atoms with Crippen molar-refractivity contribution in [3.05, 3.63) is 0 Å². The lowest BCUT2D eigenvalue weighted by Gasteiger charge is -2.25. The van der Waals surface area contributed by atoms with Gasteiger partial charge in [-0.1, -0.05) is 0 Å². The molecule has 0 aromatic carbocycles. The molecule has 2 aliphatic rings. The minimum Gasteiger partial charge on any atom is -0.394 e. The van der Waals surface area contributed by atoms with Crippen molar-refractivity contribution in [2.75, 3.05) is 20.3 Å². The molecule has 5 N–H and O–H groups in total. The third-order valence-electron chi connectivity index (χ3n) is 3.50. The van der Waals surface area contributed by atoms with E-state index in [1.54, 1.807) is 0 Å². The van der Waals surface area contributed by atoms with E-state index in [9.17, 15) is 15.3 Å². The van der Waals surface area contributed by atoms with Crippen molar-refractivity contribution in [1.82, 2.24) is 0 Å². The van der Waals surface area contributed by atoms with Gasteiger partial charge in [0, 0.05) is 7.11 Å². The van der Waals surface area contributed by atoms with E-state index in [1.807, 2.05) is 0 Å². The summed E-state index contributed by atoms with van der Waals surface area (Å²) >= 11 is 0. The highest BCUT2D eigenvalue weighted by atomic mass is 16.8. The molecule has 2 rings (SSSR count). The van der Waals surface area contributed by atoms with Gasteiger partial charge in [-0.2, -0.15) is 0 Å². The van der Waals surface area contributed by atoms with E-state index < -0.39 is 62.4 Å². The van der Waals surface area contributed by atoms with Crippen LogP contribution in [0.3, 0.4) is 0 Å². The van der Waals surface area contributed by atoms with Crippen molar-refractivity contribution in [2.45, 2.75) is 49.2 Å². The second kappa shape index (κ2) is 6.60. The average Bonchev–Trinajstić information content (AvgIpc) is 2.91. The summed E-state index contributed by atoms with van der Waals surface area (Å²) in [6.45, 7) is -0.897. The van der Waals surface area contributed by atoms with Gasteiger partial charge in [-0.3, -0.25) is 0 Å². The van der Waals surface area contributed by atoms with E-state index in [1.165, 1.54) is 7.11 Å². The molecule has 2 aliphatic heterocycles. The Hall–Kier alpha value is -0.360. The average molecular weight is 296 g/mol. The second-order valence-corrected chi connectivity index (χ2v) is 4.76. The maximum Gasteiger partial charge on any atom is 0.187 e. The lowest BCUT2D eigenvalue weighted by Crippen LogP contribution is -2.43. The zero-order chi connectivity index (χ0) is 14.9. The van der Waals surface area contributed by atoms with Crippen molar-refractivity contribution in [1.29, 1.82) is 0 Å². The van der Waals surface area contributed by atoms with Crippen LogP contribution in [0.4, 0.5) is 0 Å². The number of methoxy groups -OCH3 is 1. The number of hydrogen-bond acceptors (Lipinski definition) is 9. The van der Waals surface area contributed by atoms with Gasteiger partial charge in [0.25, 0.3) is 0 Å². The molecule has 2 saturated heterocycles. The number of aliphatic hydroxyl groups is 5. The van der Waals surface area contributed by atoms with Crippen LogP contribution >= 0.6 is 0 Å². The Morgan fingerprint density at radius 1 is 0.850 bits per heavy atom. The van der Waals surface area contributed by atoms with Gasteiger partial charge in [-0.25, -0.2) is 0 Å². The smallest absolute Gasteiger partial charge is 0.187 e. The van der Waals surface area contributed by atoms with Gasteiger partial charge in [-0.05, 0) is 0 Å². The predicted molar refractivity (Wildman–Crippen MR) is 61.4 cm³/mol. The van der Waals surface area contributed by atoms with Crippen LogP contribution in [-0.4, -0.2) is 95.1 Å². The van der Waals surface area contributed by atoms with E-state index >= 15 is 0 Å². The molecule has 20 heavy (non-hydrogen) atoms. The molecule has 0 saturated carbocycles. The van der Waals surface area contributed by atoms with Crippen molar-refractivity contribution in [3.8, 4) is 0 Å². The fraction of sp³-hybridized carbons (Fsp3) is 1.00. The highest BCUT2D eigenvalue weighted by Crippen LogP contribution is 2.30. The summed E-state index contributed by atoms with van der Waals surface area (Å²) in [7, 11) is 1.34. The monoisotopic (exact) mass is 296 g/mol. The molecule has 0 amide bonds. The minimum atomic E-state index is -1.37. The molecule has 0 aromatic heterocycles. The van der Waals surface area contributed by atoms with Crippen LogP contribution in [-0.2, 0) is 18.9 Å². The van der Waals surface area contributed by atoms with Gasteiger partial charge in [0.2, 0.25) is 0 Å². The van der Waals surface area contributed by atoms with Crippen molar-refractivity contribution < 1.29 is 44.5 Å². The Morgan fingerprint density at radius 3 is 1.90 bits per heavy atom. The highest BCUT2D eigenvalue weighted by molar-refractivity contribution is 4.91. The Kier molecular flexibility index (Phi) is 5.29. The summed E-state index contributed by atoms with van der Waals surface area (Å²) < 4.78 is 20.7. The third-order valence-corrected chi connectivity index (χ3v) is 3.50. The van der Waals surface area contributed by atoms with Crippen LogP contribution < -0.4 is 0 Å². The first-order valence-electron chi connectivity index (χ1n) is 6.28. The summed E-state index contributed by atoms with van der Waals surface area (Å²) in [6.07, 6.45) is -8.86. The normalized spacial score (nSPS) is 48.9. The standard InChI is InChI=1S/C11H20O9/c1-17-11-9(7(15)5(3-13)19-11)20-10-8(16)6(14)4(2-12)18-10/h4-16H,2-3H2,1H3/t4-,5-,6-,7-,8+,9+,10+,11-/m0/s1. The van der Waals surface area contributed by atoms with Crippen LogP contribution in [0.25, 0.3) is 0 Å². The van der Waals surface area contributed by atoms with E-state index in [2.05, 4.69) is 0 Å². The summed E-state index contributed by atoms with van der Waals surface area (Å²) in [5, 5.41) is 47.4. The van der Waals surface area contributed by atoms with Crippen LogP contribution in [0.5, 0.6) is 0 Å². The summed E-state index contributed by atoms with van der Waals surface area (Å²) in [5.74, 6) is 0. The summed E-state index contributed by atoms with van der Waals surface area (Å²) in [6, 6.07) is 0. The topological polar surface area (TPSA) is 138 Å². The molecule has 0 bridgehead atoms. The first-order valence-corrected chi connectivity index (χ1v) is 6.28. The highest BCUT2D eigenvalue weighted by Gasteiger charge is 2.50. The molecule has 118 valence electrons. The molecule has 2 fully saturated rings. The van der Waals surface area contributed by atoms with Crippen molar-refractivity contribution >= 4 is 0 Å². The predicted octanol–water partition coefficient (Wildman–Crippen LogP) is -3.46. The number of hydrogen-bond donors (Lipinski definition) is 5. The zero-order valence-corrected chi connectivity index (χ0v) is 10.9. The molecule has 8 atom stereocenters. The lowest BCUT2D eigenvalue weighted by atomic mass is 10.1. The fourth-order valence-electron chi connectivity index (χ4n) is 2.32. The molecule has 0 unspecified atom stereocenters. The SMILES string of the molecule is CO[C@H]1O[C@@H](CO)[C@H](O)[C@H]1O[C@H]1O[C@@H](CO)[C@H](O)[C@H]1O. The van der Waals surface area contributed by atoms with Gasteiger partial charge in [0.05, 0.1) is 13.2 Å². The largest absolute Gasteiger partial charge is 0.394 e. The Labute approximate surface area is 115 Å². The number of rotatable bonds is 5. The molecule has 9 heteroatoms. The number of ether oxygens (including phenoxy) is 4. The van der Waals surface area contributed by atoms with Gasteiger partial charge in [0.15, 0.2) is 12.6 Å². The third kappa shape index (κ3) is 2.82. The van der Waals surface area contributed by atoms with Crippen LogP contribution in [0.1, 0.15) is 0 Å². The number of aliphatic hydroxyl groups excluding tert-OH is 5. The van der Waals surface area contributed by atoms with E-state index in [4.69, 9.17) is 29.2 Å². The maximum atomic E-state index is 9.95. The van der Waals surface area contributed by atoms with Gasteiger partial charge in [-0.15, -0.1) is 0 Å². The molecule has 0 radical (unpaired) electrons.